The van der Waals surface area contributed by atoms with Gasteiger partial charge in [0.1, 0.15) is 0 Å². The van der Waals surface area contributed by atoms with E-state index in [0.29, 0.717) is 59.5 Å². The second kappa shape index (κ2) is 15.2. The molecule has 0 saturated carbocycles. The van der Waals surface area contributed by atoms with Crippen LogP contribution in [0.1, 0.15) is 5.56 Å². The summed E-state index contributed by atoms with van der Waals surface area (Å²) in [6.45, 7) is 13.0. The number of methoxy groups -OCH3 is 1. The fourth-order valence-corrected chi connectivity index (χ4v) is 8.72. The van der Waals surface area contributed by atoms with Crippen molar-refractivity contribution in [3.8, 4) is 0 Å². The zero-order valence-electron chi connectivity index (χ0n) is 18.5. The topological polar surface area (TPSA) is 77.5 Å². The van der Waals surface area contributed by atoms with Gasteiger partial charge in [-0.1, -0.05) is 6.07 Å². The third-order valence-electron chi connectivity index (χ3n) is 3.65. The first kappa shape index (κ1) is 26.3. The van der Waals surface area contributed by atoms with Gasteiger partial charge in [-0.05, 0) is 37.8 Å². The molecule has 0 radical (unpaired) electrons. The maximum Gasteiger partial charge on any atom is 0.323 e. The Bertz CT molecular complexity index is 521. The molecule has 1 heterocycles. The molecular weight excluding hydrogens is 410 g/mol. The van der Waals surface area contributed by atoms with E-state index < -0.39 is 17.1 Å². The first-order chi connectivity index (χ1) is 13.8. The molecule has 29 heavy (non-hydrogen) atoms. The third-order valence-corrected chi connectivity index (χ3v) is 9.33. The Labute approximate surface area is 177 Å². The Morgan fingerprint density at radius 2 is 1.31 bits per heavy atom. The van der Waals surface area contributed by atoms with Gasteiger partial charge in [0.2, 0.25) is 0 Å². The molecule has 1 aromatic heterocycles. The van der Waals surface area contributed by atoms with Crippen LogP contribution in [0.2, 0.25) is 26.2 Å². The minimum absolute atomic E-state index is 0.492. The molecular formula is C19H37NO7Si2. The largest absolute Gasteiger partial charge is 0.415 e. The molecule has 8 nitrogen and oxygen atoms in total. The fraction of sp³-hybridized carbons (Fsp3) is 0.737. The van der Waals surface area contributed by atoms with Crippen molar-refractivity contribution in [3.05, 3.63) is 30.1 Å². The Morgan fingerprint density at radius 1 is 0.759 bits per heavy atom. The first-order valence-electron chi connectivity index (χ1n) is 9.94. The lowest BCUT2D eigenvalue weighted by atomic mass is 10.3. The van der Waals surface area contributed by atoms with E-state index in [9.17, 15) is 0 Å². The normalized spacial score (nSPS) is 12.4. The van der Waals surface area contributed by atoms with Crippen LogP contribution < -0.4 is 0 Å². The van der Waals surface area contributed by atoms with Gasteiger partial charge in [-0.25, -0.2) is 0 Å². The second-order valence-corrected chi connectivity index (χ2v) is 14.2. The number of pyridine rings is 1. The molecule has 0 N–H and O–H groups in total. The van der Waals surface area contributed by atoms with Crippen molar-refractivity contribution in [3.63, 3.8) is 0 Å². The molecule has 10 heteroatoms. The summed E-state index contributed by atoms with van der Waals surface area (Å²) in [7, 11) is -2.94. The zero-order chi connectivity index (χ0) is 21.4. The molecule has 0 aliphatic carbocycles. The van der Waals surface area contributed by atoms with Crippen LogP contribution in [-0.2, 0) is 38.5 Å². The lowest BCUT2D eigenvalue weighted by molar-refractivity contribution is -0.00106. The van der Waals surface area contributed by atoms with E-state index in [4.69, 9.17) is 31.9 Å². The number of hydrogen-bond acceptors (Lipinski definition) is 8. The average molecular weight is 448 g/mol. The monoisotopic (exact) mass is 447 g/mol. The zero-order valence-corrected chi connectivity index (χ0v) is 20.5. The molecule has 0 saturated heterocycles. The maximum atomic E-state index is 6.26. The minimum atomic E-state index is -2.30. The van der Waals surface area contributed by atoms with Gasteiger partial charge in [-0.2, -0.15) is 0 Å². The summed E-state index contributed by atoms with van der Waals surface area (Å²) in [6, 6.07) is 3.89. The van der Waals surface area contributed by atoms with Crippen LogP contribution in [-0.4, -0.2) is 82.1 Å². The number of hydrogen-bond donors (Lipinski definition) is 0. The molecule has 0 bridgehead atoms. The molecule has 0 atom stereocenters. The van der Waals surface area contributed by atoms with Crippen molar-refractivity contribution in [2.24, 2.45) is 0 Å². The molecule has 0 amide bonds. The number of nitrogens with zero attached hydrogens (tertiary/aromatic N) is 1. The highest BCUT2D eigenvalue weighted by atomic mass is 28.5. The Hall–Kier alpha value is -0.696. The summed E-state index contributed by atoms with van der Waals surface area (Å²) < 4.78 is 39.4. The van der Waals surface area contributed by atoms with Gasteiger partial charge in [-0.15, -0.1) is 0 Å². The molecule has 1 aromatic rings. The molecule has 168 valence electrons. The van der Waals surface area contributed by atoms with Crippen LogP contribution in [0.4, 0.5) is 0 Å². The van der Waals surface area contributed by atoms with E-state index in [1.54, 1.807) is 19.5 Å². The molecule has 0 fully saturated rings. The summed E-state index contributed by atoms with van der Waals surface area (Å²) in [6.07, 6.45) is 3.55. The van der Waals surface area contributed by atoms with Gasteiger partial charge >= 0.3 is 17.1 Å². The smallest absolute Gasteiger partial charge is 0.323 e. The molecule has 0 aliphatic heterocycles. The van der Waals surface area contributed by atoms with Gasteiger partial charge < -0.3 is 31.9 Å². The first-order valence-corrected chi connectivity index (χ1v) is 15.6. The minimum Gasteiger partial charge on any atom is -0.415 e. The van der Waals surface area contributed by atoms with E-state index in [-0.39, 0.29) is 0 Å². The molecule has 0 spiro atoms. The molecule has 0 unspecified atom stereocenters. The van der Waals surface area contributed by atoms with Gasteiger partial charge in [0.25, 0.3) is 0 Å². The highest BCUT2D eigenvalue weighted by Gasteiger charge is 2.36. The molecule has 0 aromatic carbocycles. The summed E-state index contributed by atoms with van der Waals surface area (Å²) in [5, 5.41) is 0. The van der Waals surface area contributed by atoms with E-state index in [1.807, 2.05) is 38.3 Å². The van der Waals surface area contributed by atoms with Crippen molar-refractivity contribution in [2.75, 3.05) is 60.0 Å². The van der Waals surface area contributed by atoms with Crippen molar-refractivity contribution >= 4 is 17.1 Å². The number of rotatable bonds is 18. The lowest BCUT2D eigenvalue weighted by Crippen LogP contribution is -2.48. The van der Waals surface area contributed by atoms with Crippen LogP contribution in [0, 0.1) is 0 Å². The van der Waals surface area contributed by atoms with Crippen LogP contribution in [0.15, 0.2) is 24.5 Å². The Kier molecular flexibility index (Phi) is 13.8. The summed E-state index contributed by atoms with van der Waals surface area (Å²) in [5.41, 5.74) is 1.04. The second-order valence-electron chi connectivity index (χ2n) is 7.23. The summed E-state index contributed by atoms with van der Waals surface area (Å²) >= 11 is 0. The van der Waals surface area contributed by atoms with Gasteiger partial charge in [0.05, 0.1) is 59.5 Å². The van der Waals surface area contributed by atoms with E-state index in [1.165, 1.54) is 0 Å². The van der Waals surface area contributed by atoms with Gasteiger partial charge in [0.15, 0.2) is 0 Å². The van der Waals surface area contributed by atoms with Crippen LogP contribution >= 0.6 is 0 Å². The van der Waals surface area contributed by atoms with Gasteiger partial charge in [-0.3, -0.25) is 4.98 Å². The van der Waals surface area contributed by atoms with Crippen LogP contribution in [0.5, 0.6) is 0 Å². The van der Waals surface area contributed by atoms with Crippen LogP contribution in [0.25, 0.3) is 0 Å². The standard InChI is InChI=1S/C19H37NO7Si2/c1-21-9-10-22-11-12-23-13-14-24-15-16-25-28(2,3)27-29(4,5)26-18-19-7-6-8-20-17-19/h6-8,17H,9-16,18H2,1-5H3. The van der Waals surface area contributed by atoms with Gasteiger partial charge in [0, 0.05) is 19.5 Å². The number of ether oxygens (including phenoxy) is 4. The quantitative estimate of drug-likeness (QED) is 0.251. The maximum absolute atomic E-state index is 6.26. The SMILES string of the molecule is COCCOCCOCCOCCO[Si](C)(C)O[Si](C)(C)OCc1cccnc1. The fourth-order valence-electron chi connectivity index (χ4n) is 2.42. The van der Waals surface area contributed by atoms with Crippen molar-refractivity contribution in [1.82, 2.24) is 4.98 Å². The average Bonchev–Trinajstić information content (AvgIpc) is 2.67. The Morgan fingerprint density at radius 3 is 1.86 bits per heavy atom. The predicted molar refractivity (Wildman–Crippen MR) is 115 cm³/mol. The van der Waals surface area contributed by atoms with E-state index in [0.717, 1.165) is 5.56 Å². The Balaban J connectivity index is 2.06. The summed E-state index contributed by atoms with van der Waals surface area (Å²) in [4.78, 5) is 4.10. The van der Waals surface area contributed by atoms with Crippen molar-refractivity contribution in [2.45, 2.75) is 32.8 Å². The lowest BCUT2D eigenvalue weighted by Gasteiger charge is -2.32. The third kappa shape index (κ3) is 14.9. The highest BCUT2D eigenvalue weighted by Crippen LogP contribution is 2.18. The predicted octanol–water partition coefficient (Wildman–Crippen LogP) is 2.73. The molecule has 1 rings (SSSR count). The van der Waals surface area contributed by atoms with E-state index >= 15 is 0 Å². The van der Waals surface area contributed by atoms with Crippen molar-refractivity contribution < 1.29 is 31.9 Å². The number of aromatic nitrogens is 1. The van der Waals surface area contributed by atoms with Crippen molar-refractivity contribution in [1.29, 1.82) is 0 Å². The van der Waals surface area contributed by atoms with Crippen LogP contribution in [0.3, 0.4) is 0 Å². The summed E-state index contributed by atoms with van der Waals surface area (Å²) in [5.74, 6) is 0. The van der Waals surface area contributed by atoms with E-state index in [2.05, 4.69) is 4.98 Å². The highest BCUT2D eigenvalue weighted by molar-refractivity contribution is 6.78. The molecule has 0 aliphatic rings.